The van der Waals surface area contributed by atoms with Crippen LogP contribution in [0.25, 0.3) is 34.1 Å². The number of fused-ring (bicyclic) bond motifs is 1. The summed E-state index contributed by atoms with van der Waals surface area (Å²) in [6, 6.07) is 9.67. The SMILES string of the molecule is O=C(CCc1nc(-c2ncn[nH]2)no1)Nc1nc(-c2cc3ccccc3o2)cs1. The molecule has 4 aromatic heterocycles. The summed E-state index contributed by atoms with van der Waals surface area (Å²) in [5.41, 5.74) is 1.47. The fourth-order valence-corrected chi connectivity index (χ4v) is 3.44. The van der Waals surface area contributed by atoms with Gasteiger partial charge < -0.3 is 14.3 Å². The van der Waals surface area contributed by atoms with Crippen LogP contribution < -0.4 is 5.32 Å². The average molecular weight is 407 g/mol. The topological polar surface area (TPSA) is 136 Å². The maximum absolute atomic E-state index is 12.2. The quantitative estimate of drug-likeness (QED) is 0.438. The van der Waals surface area contributed by atoms with Gasteiger partial charge in [-0.25, -0.2) is 9.97 Å². The molecule has 0 bridgehead atoms. The highest BCUT2D eigenvalue weighted by Gasteiger charge is 2.14. The molecule has 0 atom stereocenters. The number of furan rings is 1. The number of para-hydroxylation sites is 1. The van der Waals surface area contributed by atoms with Gasteiger partial charge in [-0.3, -0.25) is 9.89 Å². The molecule has 0 saturated heterocycles. The lowest BCUT2D eigenvalue weighted by atomic mass is 10.2. The number of benzene rings is 1. The van der Waals surface area contributed by atoms with E-state index in [1.165, 1.54) is 17.7 Å². The fourth-order valence-electron chi connectivity index (χ4n) is 2.72. The molecule has 144 valence electrons. The van der Waals surface area contributed by atoms with E-state index in [0.29, 0.717) is 40.5 Å². The zero-order valence-electron chi connectivity index (χ0n) is 14.8. The zero-order chi connectivity index (χ0) is 19.6. The minimum atomic E-state index is -0.199. The number of aryl methyl sites for hydroxylation is 1. The second-order valence-corrected chi connectivity index (χ2v) is 6.94. The first kappa shape index (κ1) is 17.3. The van der Waals surface area contributed by atoms with Gasteiger partial charge in [-0.2, -0.15) is 10.1 Å². The smallest absolute Gasteiger partial charge is 0.239 e. The van der Waals surface area contributed by atoms with E-state index in [1.807, 2.05) is 35.7 Å². The molecule has 1 aromatic carbocycles. The molecule has 0 aliphatic carbocycles. The summed E-state index contributed by atoms with van der Waals surface area (Å²) in [6.45, 7) is 0. The van der Waals surface area contributed by atoms with Crippen molar-refractivity contribution in [2.75, 3.05) is 5.32 Å². The van der Waals surface area contributed by atoms with Crippen LogP contribution in [0.1, 0.15) is 12.3 Å². The first-order valence-corrected chi connectivity index (χ1v) is 9.55. The molecule has 11 heteroatoms. The van der Waals surface area contributed by atoms with Gasteiger partial charge in [0, 0.05) is 23.6 Å². The van der Waals surface area contributed by atoms with Crippen molar-refractivity contribution in [3.05, 3.63) is 47.9 Å². The van der Waals surface area contributed by atoms with Crippen LogP contribution in [0.15, 0.2) is 51.0 Å². The largest absolute Gasteiger partial charge is 0.454 e. The van der Waals surface area contributed by atoms with E-state index in [9.17, 15) is 4.79 Å². The van der Waals surface area contributed by atoms with Crippen molar-refractivity contribution in [3.63, 3.8) is 0 Å². The number of rotatable bonds is 6. The first-order chi connectivity index (χ1) is 14.2. The number of thiazole rings is 1. The molecule has 5 rings (SSSR count). The highest BCUT2D eigenvalue weighted by atomic mass is 32.1. The van der Waals surface area contributed by atoms with Gasteiger partial charge in [0.1, 0.15) is 17.6 Å². The van der Waals surface area contributed by atoms with Crippen molar-refractivity contribution in [2.45, 2.75) is 12.8 Å². The van der Waals surface area contributed by atoms with Crippen LogP contribution in [0.2, 0.25) is 0 Å². The number of H-pyrrole nitrogens is 1. The number of aromatic amines is 1. The maximum atomic E-state index is 12.2. The third kappa shape index (κ3) is 3.62. The van der Waals surface area contributed by atoms with Gasteiger partial charge in [0.15, 0.2) is 16.7 Å². The van der Waals surface area contributed by atoms with Gasteiger partial charge in [-0.1, -0.05) is 23.4 Å². The van der Waals surface area contributed by atoms with Gasteiger partial charge in [-0.15, -0.1) is 11.3 Å². The van der Waals surface area contributed by atoms with Gasteiger partial charge in [0.05, 0.1) is 0 Å². The number of anilines is 1. The number of amides is 1. The fraction of sp³-hybridized carbons (Fsp3) is 0.111. The second-order valence-electron chi connectivity index (χ2n) is 6.08. The number of aromatic nitrogens is 6. The van der Waals surface area contributed by atoms with E-state index in [2.05, 4.69) is 35.6 Å². The molecule has 1 amide bonds. The summed E-state index contributed by atoms with van der Waals surface area (Å²) in [7, 11) is 0. The third-order valence-corrected chi connectivity index (χ3v) is 4.85. The van der Waals surface area contributed by atoms with E-state index < -0.39 is 0 Å². The molecule has 29 heavy (non-hydrogen) atoms. The Morgan fingerprint density at radius 2 is 2.17 bits per heavy atom. The van der Waals surface area contributed by atoms with Crippen LogP contribution >= 0.6 is 11.3 Å². The molecule has 5 aromatic rings. The van der Waals surface area contributed by atoms with E-state index >= 15 is 0 Å². The van der Waals surface area contributed by atoms with Gasteiger partial charge >= 0.3 is 0 Å². The minimum Gasteiger partial charge on any atom is -0.454 e. The predicted molar refractivity (Wildman–Crippen MR) is 104 cm³/mol. The summed E-state index contributed by atoms with van der Waals surface area (Å²) < 4.78 is 10.9. The van der Waals surface area contributed by atoms with Gasteiger partial charge in [0.25, 0.3) is 0 Å². The van der Waals surface area contributed by atoms with Crippen LogP contribution in [-0.4, -0.2) is 36.2 Å². The number of nitrogens with one attached hydrogen (secondary N) is 2. The molecule has 2 N–H and O–H groups in total. The third-order valence-electron chi connectivity index (χ3n) is 4.09. The van der Waals surface area contributed by atoms with Crippen LogP contribution in [0.4, 0.5) is 5.13 Å². The lowest BCUT2D eigenvalue weighted by molar-refractivity contribution is -0.116. The molecular weight excluding hydrogens is 394 g/mol. The Bertz CT molecular complexity index is 1240. The highest BCUT2D eigenvalue weighted by Crippen LogP contribution is 2.30. The molecular formula is C18H13N7O3S. The summed E-state index contributed by atoms with van der Waals surface area (Å²) in [5, 5.41) is 16.3. The van der Waals surface area contributed by atoms with Crippen molar-refractivity contribution in [1.82, 2.24) is 30.3 Å². The van der Waals surface area contributed by atoms with Crippen molar-refractivity contribution in [2.24, 2.45) is 0 Å². The van der Waals surface area contributed by atoms with Crippen molar-refractivity contribution in [1.29, 1.82) is 0 Å². The normalized spacial score (nSPS) is 11.2. The molecule has 4 heterocycles. The van der Waals surface area contributed by atoms with E-state index in [1.54, 1.807) is 0 Å². The molecule has 0 spiro atoms. The summed E-state index contributed by atoms with van der Waals surface area (Å²) in [4.78, 5) is 24.8. The maximum Gasteiger partial charge on any atom is 0.239 e. The molecule has 0 aliphatic rings. The van der Waals surface area contributed by atoms with Crippen LogP contribution in [0, 0.1) is 0 Å². The first-order valence-electron chi connectivity index (χ1n) is 8.67. The van der Waals surface area contributed by atoms with Crippen molar-refractivity contribution in [3.8, 4) is 23.1 Å². The molecule has 0 fully saturated rings. The summed E-state index contributed by atoms with van der Waals surface area (Å²) >= 11 is 1.33. The number of hydrogen-bond acceptors (Lipinski definition) is 9. The monoisotopic (exact) mass is 407 g/mol. The molecule has 0 aliphatic heterocycles. The standard InChI is InChI=1S/C18H13N7O3S/c26-14(5-6-15-23-17(25-28-15)16-19-9-20-24-16)22-18-21-11(8-29-18)13-7-10-3-1-2-4-12(10)27-13/h1-4,7-9H,5-6H2,(H,19,20,24)(H,21,22,26). The highest BCUT2D eigenvalue weighted by molar-refractivity contribution is 7.14. The predicted octanol–water partition coefficient (Wildman–Crippen LogP) is 3.30. The Hall–Kier alpha value is -3.86. The molecule has 10 nitrogen and oxygen atoms in total. The Kier molecular flexibility index (Phi) is 4.33. The number of hydrogen-bond donors (Lipinski definition) is 2. The lowest BCUT2D eigenvalue weighted by Gasteiger charge is -1.99. The van der Waals surface area contributed by atoms with Crippen LogP contribution in [-0.2, 0) is 11.2 Å². The molecule has 0 unspecified atom stereocenters. The Morgan fingerprint density at radius 3 is 3.03 bits per heavy atom. The van der Waals surface area contributed by atoms with Gasteiger partial charge in [0.2, 0.25) is 17.6 Å². The van der Waals surface area contributed by atoms with E-state index in [0.717, 1.165) is 11.0 Å². The number of carbonyl (C=O) groups is 1. The zero-order valence-corrected chi connectivity index (χ0v) is 15.6. The van der Waals surface area contributed by atoms with Crippen molar-refractivity contribution >= 4 is 33.3 Å². The Morgan fingerprint density at radius 1 is 1.24 bits per heavy atom. The molecule has 0 saturated carbocycles. The van der Waals surface area contributed by atoms with Crippen LogP contribution in [0.5, 0.6) is 0 Å². The lowest BCUT2D eigenvalue weighted by Crippen LogP contribution is -2.12. The van der Waals surface area contributed by atoms with Crippen LogP contribution in [0.3, 0.4) is 0 Å². The van der Waals surface area contributed by atoms with E-state index in [-0.39, 0.29) is 12.3 Å². The summed E-state index contributed by atoms with van der Waals surface area (Å²) in [6.07, 6.45) is 1.83. The summed E-state index contributed by atoms with van der Waals surface area (Å²) in [5.74, 6) is 1.51. The van der Waals surface area contributed by atoms with E-state index in [4.69, 9.17) is 8.94 Å². The number of carbonyl (C=O) groups excluding carboxylic acids is 1. The molecule has 0 radical (unpaired) electrons. The second kappa shape index (κ2) is 7.28. The van der Waals surface area contributed by atoms with Gasteiger partial charge in [-0.05, 0) is 12.1 Å². The van der Waals surface area contributed by atoms with Crippen molar-refractivity contribution < 1.29 is 13.7 Å². The minimum absolute atomic E-state index is 0.178. The average Bonchev–Trinajstić information content (AvgIpc) is 3.52. The number of nitrogens with zero attached hydrogens (tertiary/aromatic N) is 5. The Labute approximate surface area is 167 Å². The Balaban J connectivity index is 1.20.